The second kappa shape index (κ2) is 5.19. The Labute approximate surface area is 104 Å². The topological polar surface area (TPSA) is 15.3 Å². The summed E-state index contributed by atoms with van der Waals surface area (Å²) in [6, 6.07) is 7.15. The molecule has 1 N–H and O–H groups in total. The average molecular weight is 230 g/mol. The van der Waals surface area contributed by atoms with Crippen LogP contribution in [0, 0.1) is 0 Å². The van der Waals surface area contributed by atoms with Crippen LogP contribution in [0.25, 0.3) is 0 Å². The zero-order valence-corrected chi connectivity index (χ0v) is 10.5. The number of aryl methyl sites for hydroxylation is 2. The van der Waals surface area contributed by atoms with Crippen LogP contribution < -0.4 is 5.32 Å². The maximum atomic E-state index is 3.41. The van der Waals surface area contributed by atoms with E-state index in [2.05, 4.69) is 28.4 Å². The standard InChI is InChI=1S/C15H22N2/c1-2-14-5-4-13(12-15(14)3-1)6-9-17-10-7-16-8-11-17/h4-5,12,16H,1-3,6-11H2. The van der Waals surface area contributed by atoms with Gasteiger partial charge in [-0.15, -0.1) is 0 Å². The van der Waals surface area contributed by atoms with Crippen LogP contribution in [0.2, 0.25) is 0 Å². The zero-order chi connectivity index (χ0) is 11.5. The number of hydrogen-bond acceptors (Lipinski definition) is 2. The molecule has 0 bridgehead atoms. The van der Waals surface area contributed by atoms with Crippen LogP contribution >= 0.6 is 0 Å². The van der Waals surface area contributed by atoms with Gasteiger partial charge in [-0.25, -0.2) is 0 Å². The molecule has 3 rings (SSSR count). The van der Waals surface area contributed by atoms with Crippen molar-refractivity contribution in [2.45, 2.75) is 25.7 Å². The summed E-state index contributed by atoms with van der Waals surface area (Å²) < 4.78 is 0. The molecule has 2 nitrogen and oxygen atoms in total. The fourth-order valence-electron chi connectivity index (χ4n) is 3.00. The Bertz CT molecular complexity index is 381. The van der Waals surface area contributed by atoms with Crippen molar-refractivity contribution in [1.29, 1.82) is 0 Å². The van der Waals surface area contributed by atoms with E-state index in [0.717, 1.165) is 13.1 Å². The van der Waals surface area contributed by atoms with Gasteiger partial charge in [0.1, 0.15) is 0 Å². The lowest BCUT2D eigenvalue weighted by Crippen LogP contribution is -2.44. The van der Waals surface area contributed by atoms with E-state index in [1.165, 1.54) is 50.9 Å². The van der Waals surface area contributed by atoms with Crippen LogP contribution in [-0.2, 0) is 19.3 Å². The summed E-state index contributed by atoms with van der Waals surface area (Å²) in [7, 11) is 0. The van der Waals surface area contributed by atoms with E-state index < -0.39 is 0 Å². The van der Waals surface area contributed by atoms with E-state index in [1.807, 2.05) is 0 Å². The molecule has 0 saturated carbocycles. The SMILES string of the molecule is c1cc2c(cc1CCN1CCNCC1)CCC2. The van der Waals surface area contributed by atoms with Gasteiger partial charge in [-0.3, -0.25) is 0 Å². The van der Waals surface area contributed by atoms with Crippen molar-refractivity contribution in [3.8, 4) is 0 Å². The van der Waals surface area contributed by atoms with Crippen molar-refractivity contribution in [3.05, 3.63) is 34.9 Å². The molecular formula is C15H22N2. The fourth-order valence-corrected chi connectivity index (χ4v) is 3.00. The van der Waals surface area contributed by atoms with Crippen molar-refractivity contribution in [1.82, 2.24) is 10.2 Å². The monoisotopic (exact) mass is 230 g/mol. The molecule has 1 aliphatic heterocycles. The van der Waals surface area contributed by atoms with Gasteiger partial charge >= 0.3 is 0 Å². The molecule has 0 amide bonds. The van der Waals surface area contributed by atoms with Gasteiger partial charge in [-0.1, -0.05) is 18.2 Å². The first-order valence-electron chi connectivity index (χ1n) is 6.95. The molecule has 1 fully saturated rings. The van der Waals surface area contributed by atoms with Crippen LogP contribution in [-0.4, -0.2) is 37.6 Å². The maximum absolute atomic E-state index is 3.41. The predicted molar refractivity (Wildman–Crippen MR) is 71.5 cm³/mol. The molecule has 1 aromatic rings. The largest absolute Gasteiger partial charge is 0.314 e. The molecular weight excluding hydrogens is 208 g/mol. The lowest BCUT2D eigenvalue weighted by Gasteiger charge is -2.27. The highest BCUT2D eigenvalue weighted by Gasteiger charge is 2.12. The molecule has 0 atom stereocenters. The molecule has 1 aromatic carbocycles. The van der Waals surface area contributed by atoms with Gasteiger partial charge in [0.15, 0.2) is 0 Å². The van der Waals surface area contributed by atoms with Crippen molar-refractivity contribution < 1.29 is 0 Å². The summed E-state index contributed by atoms with van der Waals surface area (Å²) in [6.07, 6.45) is 5.17. The molecule has 0 unspecified atom stereocenters. The Kier molecular flexibility index (Phi) is 3.44. The van der Waals surface area contributed by atoms with E-state index >= 15 is 0 Å². The Morgan fingerprint density at radius 2 is 1.88 bits per heavy atom. The first-order valence-corrected chi connectivity index (χ1v) is 6.95. The second-order valence-electron chi connectivity index (χ2n) is 5.30. The minimum atomic E-state index is 1.16. The van der Waals surface area contributed by atoms with Gasteiger partial charge in [0.25, 0.3) is 0 Å². The lowest BCUT2D eigenvalue weighted by atomic mass is 10.0. The number of fused-ring (bicyclic) bond motifs is 1. The molecule has 1 saturated heterocycles. The van der Waals surface area contributed by atoms with Crippen LogP contribution in [0.5, 0.6) is 0 Å². The van der Waals surface area contributed by atoms with Crippen molar-refractivity contribution in [3.63, 3.8) is 0 Å². The fraction of sp³-hybridized carbons (Fsp3) is 0.600. The molecule has 0 aromatic heterocycles. The maximum Gasteiger partial charge on any atom is 0.0108 e. The van der Waals surface area contributed by atoms with Crippen molar-refractivity contribution in [2.24, 2.45) is 0 Å². The zero-order valence-electron chi connectivity index (χ0n) is 10.5. The molecule has 17 heavy (non-hydrogen) atoms. The smallest absolute Gasteiger partial charge is 0.0108 e. The minimum absolute atomic E-state index is 1.16. The summed E-state index contributed by atoms with van der Waals surface area (Å²) in [5, 5.41) is 3.41. The highest BCUT2D eigenvalue weighted by Crippen LogP contribution is 2.23. The third-order valence-corrected chi connectivity index (χ3v) is 4.09. The second-order valence-corrected chi connectivity index (χ2v) is 5.30. The molecule has 2 aliphatic rings. The summed E-state index contributed by atoms with van der Waals surface area (Å²) in [5.74, 6) is 0. The van der Waals surface area contributed by atoms with E-state index in [1.54, 1.807) is 11.1 Å². The molecule has 0 spiro atoms. The van der Waals surface area contributed by atoms with E-state index in [0.29, 0.717) is 0 Å². The Balaban J connectivity index is 1.57. The Hall–Kier alpha value is -0.860. The number of benzene rings is 1. The third kappa shape index (κ3) is 2.70. The molecule has 1 heterocycles. The summed E-state index contributed by atoms with van der Waals surface area (Å²) in [5.41, 5.74) is 4.74. The number of nitrogens with one attached hydrogen (secondary N) is 1. The number of hydrogen-bond donors (Lipinski definition) is 1. The van der Waals surface area contributed by atoms with Gasteiger partial charge in [0, 0.05) is 32.7 Å². The molecule has 1 aliphatic carbocycles. The number of piperazine rings is 1. The van der Waals surface area contributed by atoms with Crippen LogP contribution in [0.3, 0.4) is 0 Å². The first-order chi connectivity index (χ1) is 8.42. The minimum Gasteiger partial charge on any atom is -0.314 e. The van der Waals surface area contributed by atoms with Gasteiger partial charge in [-0.2, -0.15) is 0 Å². The van der Waals surface area contributed by atoms with E-state index in [9.17, 15) is 0 Å². The molecule has 0 radical (unpaired) electrons. The highest BCUT2D eigenvalue weighted by molar-refractivity contribution is 5.35. The lowest BCUT2D eigenvalue weighted by molar-refractivity contribution is 0.244. The highest BCUT2D eigenvalue weighted by atomic mass is 15.2. The third-order valence-electron chi connectivity index (χ3n) is 4.09. The summed E-state index contributed by atoms with van der Waals surface area (Å²) in [4.78, 5) is 2.57. The van der Waals surface area contributed by atoms with E-state index in [-0.39, 0.29) is 0 Å². The van der Waals surface area contributed by atoms with Crippen LogP contribution in [0.15, 0.2) is 18.2 Å². The summed E-state index contributed by atoms with van der Waals surface area (Å²) in [6.45, 7) is 5.96. The van der Waals surface area contributed by atoms with Crippen molar-refractivity contribution in [2.75, 3.05) is 32.7 Å². The molecule has 92 valence electrons. The van der Waals surface area contributed by atoms with Crippen molar-refractivity contribution >= 4 is 0 Å². The Morgan fingerprint density at radius 1 is 1.06 bits per heavy atom. The summed E-state index contributed by atoms with van der Waals surface area (Å²) >= 11 is 0. The first kappa shape index (κ1) is 11.2. The predicted octanol–water partition coefficient (Wildman–Crippen LogP) is 1.62. The van der Waals surface area contributed by atoms with Gasteiger partial charge in [0.05, 0.1) is 0 Å². The van der Waals surface area contributed by atoms with Gasteiger partial charge in [-0.05, 0) is 42.4 Å². The number of nitrogens with zero attached hydrogens (tertiary/aromatic N) is 1. The average Bonchev–Trinajstić information content (AvgIpc) is 2.85. The molecule has 2 heteroatoms. The quantitative estimate of drug-likeness (QED) is 0.849. The van der Waals surface area contributed by atoms with E-state index in [4.69, 9.17) is 0 Å². The normalized spacial score (nSPS) is 20.5. The van der Waals surface area contributed by atoms with Gasteiger partial charge in [0.2, 0.25) is 0 Å². The van der Waals surface area contributed by atoms with Gasteiger partial charge < -0.3 is 10.2 Å². The Morgan fingerprint density at radius 3 is 2.76 bits per heavy atom. The number of rotatable bonds is 3. The van der Waals surface area contributed by atoms with Crippen LogP contribution in [0.4, 0.5) is 0 Å². The van der Waals surface area contributed by atoms with Crippen LogP contribution in [0.1, 0.15) is 23.1 Å².